The molecule has 0 atom stereocenters. The smallest absolute Gasteiger partial charge is 0.0116 e. The molecule has 0 aliphatic carbocycles. The lowest BCUT2D eigenvalue weighted by molar-refractivity contribution is 0.278. The van der Waals surface area contributed by atoms with Crippen LogP contribution in [0.15, 0.2) is 0 Å². The summed E-state index contributed by atoms with van der Waals surface area (Å²) < 4.78 is 0.505. The van der Waals surface area contributed by atoms with Gasteiger partial charge in [0.05, 0.1) is 0 Å². The van der Waals surface area contributed by atoms with Gasteiger partial charge in [0.2, 0.25) is 0 Å². The second-order valence-electron chi connectivity index (χ2n) is 4.95. The van der Waals surface area contributed by atoms with Crippen LogP contribution in [0.4, 0.5) is 0 Å². The van der Waals surface area contributed by atoms with Crippen LogP contribution in [-0.4, -0.2) is 40.4 Å². The van der Waals surface area contributed by atoms with Crippen LogP contribution in [0.25, 0.3) is 0 Å². The van der Waals surface area contributed by atoms with Crippen molar-refractivity contribution in [3.63, 3.8) is 0 Å². The van der Waals surface area contributed by atoms with Crippen LogP contribution in [0, 0.1) is 0 Å². The molecule has 1 rings (SSSR count). The molecule has 1 aliphatic heterocycles. The minimum Gasteiger partial charge on any atom is -0.302 e. The number of rotatable bonds is 5. The highest BCUT2D eigenvalue weighted by molar-refractivity contribution is 9.09. The van der Waals surface area contributed by atoms with Gasteiger partial charge in [-0.15, -0.1) is 0 Å². The SMILES string of the molecule is CC1(C)CCN(CCCCCBr)CCS1. The van der Waals surface area contributed by atoms with Crippen molar-refractivity contribution in [1.82, 2.24) is 4.90 Å². The highest BCUT2D eigenvalue weighted by Gasteiger charge is 2.22. The summed E-state index contributed by atoms with van der Waals surface area (Å²) in [5, 5.41) is 1.16. The quantitative estimate of drug-likeness (QED) is 0.561. The fourth-order valence-electron chi connectivity index (χ4n) is 1.89. The Balaban J connectivity index is 2.14. The van der Waals surface area contributed by atoms with Crippen LogP contribution in [-0.2, 0) is 0 Å². The molecule has 1 aliphatic rings. The molecule has 0 amide bonds. The number of thioether (sulfide) groups is 1. The van der Waals surface area contributed by atoms with Gasteiger partial charge >= 0.3 is 0 Å². The fraction of sp³-hybridized carbons (Fsp3) is 1.00. The standard InChI is InChI=1S/C12H24BrNS/c1-12(2)6-9-14(10-11-15-12)8-5-3-4-7-13/h3-11H2,1-2H3. The van der Waals surface area contributed by atoms with Crippen LogP contribution in [0.5, 0.6) is 0 Å². The van der Waals surface area contributed by atoms with E-state index < -0.39 is 0 Å². The summed E-state index contributed by atoms with van der Waals surface area (Å²) in [4.78, 5) is 2.65. The van der Waals surface area contributed by atoms with E-state index in [1.165, 1.54) is 51.1 Å². The Hall–Kier alpha value is 0.790. The Morgan fingerprint density at radius 2 is 2.00 bits per heavy atom. The zero-order chi connectivity index (χ0) is 11.1. The third-order valence-corrected chi connectivity index (χ3v) is 4.97. The monoisotopic (exact) mass is 293 g/mol. The topological polar surface area (TPSA) is 3.24 Å². The molecular weight excluding hydrogens is 270 g/mol. The molecule has 1 nitrogen and oxygen atoms in total. The van der Waals surface area contributed by atoms with Crippen LogP contribution in [0.2, 0.25) is 0 Å². The van der Waals surface area contributed by atoms with E-state index in [0.29, 0.717) is 4.75 Å². The summed E-state index contributed by atoms with van der Waals surface area (Å²) >= 11 is 5.63. The molecular formula is C12H24BrNS. The van der Waals surface area contributed by atoms with Gasteiger partial charge in [0.1, 0.15) is 0 Å². The first-order chi connectivity index (χ1) is 7.14. The van der Waals surface area contributed by atoms with Crippen molar-refractivity contribution in [2.75, 3.05) is 30.7 Å². The van der Waals surface area contributed by atoms with E-state index in [0.717, 1.165) is 5.33 Å². The Morgan fingerprint density at radius 1 is 1.20 bits per heavy atom. The zero-order valence-electron chi connectivity index (χ0n) is 10.1. The van der Waals surface area contributed by atoms with Gasteiger partial charge < -0.3 is 4.90 Å². The molecule has 0 bridgehead atoms. The molecule has 0 spiro atoms. The van der Waals surface area contributed by atoms with Gasteiger partial charge in [-0.25, -0.2) is 0 Å². The van der Waals surface area contributed by atoms with Gasteiger partial charge in [0.25, 0.3) is 0 Å². The van der Waals surface area contributed by atoms with Gasteiger partial charge in [-0.2, -0.15) is 11.8 Å². The number of hydrogen-bond acceptors (Lipinski definition) is 2. The normalized spacial score (nSPS) is 22.6. The summed E-state index contributed by atoms with van der Waals surface area (Å²) in [5.74, 6) is 1.31. The van der Waals surface area contributed by atoms with Crippen molar-refractivity contribution in [3.8, 4) is 0 Å². The molecule has 3 heteroatoms. The van der Waals surface area contributed by atoms with Crippen molar-refractivity contribution in [3.05, 3.63) is 0 Å². The van der Waals surface area contributed by atoms with E-state index in [9.17, 15) is 0 Å². The molecule has 1 fully saturated rings. The van der Waals surface area contributed by atoms with Crippen LogP contribution < -0.4 is 0 Å². The molecule has 1 heterocycles. The minimum absolute atomic E-state index is 0.505. The summed E-state index contributed by atoms with van der Waals surface area (Å²) in [5.41, 5.74) is 0. The average Bonchev–Trinajstić information content (AvgIpc) is 2.35. The molecule has 15 heavy (non-hydrogen) atoms. The van der Waals surface area contributed by atoms with E-state index in [-0.39, 0.29) is 0 Å². The highest BCUT2D eigenvalue weighted by atomic mass is 79.9. The fourth-order valence-corrected chi connectivity index (χ4v) is 3.43. The van der Waals surface area contributed by atoms with Crippen molar-refractivity contribution in [2.24, 2.45) is 0 Å². The average molecular weight is 294 g/mol. The third kappa shape index (κ3) is 6.18. The molecule has 0 aromatic carbocycles. The number of nitrogens with zero attached hydrogens (tertiary/aromatic N) is 1. The molecule has 0 aromatic heterocycles. The third-order valence-electron chi connectivity index (χ3n) is 3.04. The predicted octanol–water partition coefficient (Wildman–Crippen LogP) is 3.77. The Morgan fingerprint density at radius 3 is 2.73 bits per heavy atom. The second kappa shape index (κ2) is 7.18. The van der Waals surface area contributed by atoms with Crippen LogP contribution in [0.1, 0.15) is 39.5 Å². The Labute approximate surface area is 107 Å². The van der Waals surface area contributed by atoms with Crippen molar-refractivity contribution in [1.29, 1.82) is 0 Å². The number of alkyl halides is 1. The molecule has 0 radical (unpaired) electrons. The second-order valence-corrected chi connectivity index (χ2v) is 7.54. The Kier molecular flexibility index (Phi) is 6.63. The molecule has 1 saturated heterocycles. The maximum Gasteiger partial charge on any atom is 0.0116 e. The summed E-state index contributed by atoms with van der Waals surface area (Å²) in [7, 11) is 0. The minimum atomic E-state index is 0.505. The zero-order valence-corrected chi connectivity index (χ0v) is 12.5. The van der Waals surface area contributed by atoms with E-state index in [4.69, 9.17) is 0 Å². The van der Waals surface area contributed by atoms with Crippen LogP contribution in [0.3, 0.4) is 0 Å². The summed E-state index contributed by atoms with van der Waals surface area (Å²) in [6.07, 6.45) is 5.42. The Bertz CT molecular complexity index is 173. The first-order valence-electron chi connectivity index (χ1n) is 6.06. The van der Waals surface area contributed by atoms with Crippen LogP contribution >= 0.6 is 27.7 Å². The molecule has 0 N–H and O–H groups in total. The highest BCUT2D eigenvalue weighted by Crippen LogP contribution is 2.30. The van der Waals surface area contributed by atoms with E-state index in [1.54, 1.807) is 0 Å². The first kappa shape index (κ1) is 13.9. The van der Waals surface area contributed by atoms with Crippen molar-refractivity contribution < 1.29 is 0 Å². The van der Waals surface area contributed by atoms with Gasteiger partial charge in [-0.3, -0.25) is 0 Å². The van der Waals surface area contributed by atoms with Crippen molar-refractivity contribution >= 4 is 27.7 Å². The molecule has 0 saturated carbocycles. The van der Waals surface area contributed by atoms with E-state index in [2.05, 4.69) is 46.4 Å². The number of halogens is 1. The first-order valence-corrected chi connectivity index (χ1v) is 8.17. The van der Waals surface area contributed by atoms with Gasteiger partial charge in [-0.05, 0) is 32.4 Å². The van der Waals surface area contributed by atoms with Gasteiger partial charge in [-0.1, -0.05) is 36.2 Å². The van der Waals surface area contributed by atoms with E-state index >= 15 is 0 Å². The largest absolute Gasteiger partial charge is 0.302 e. The van der Waals surface area contributed by atoms with Gasteiger partial charge in [0.15, 0.2) is 0 Å². The molecule has 0 aromatic rings. The lowest BCUT2D eigenvalue weighted by Crippen LogP contribution is -2.28. The maximum atomic E-state index is 3.49. The molecule has 90 valence electrons. The van der Waals surface area contributed by atoms with Gasteiger partial charge in [0, 0.05) is 22.4 Å². The predicted molar refractivity (Wildman–Crippen MR) is 75.2 cm³/mol. The number of unbranched alkanes of at least 4 members (excludes halogenated alkanes) is 2. The number of hydrogen-bond donors (Lipinski definition) is 0. The molecule has 0 unspecified atom stereocenters. The lowest BCUT2D eigenvalue weighted by Gasteiger charge is -2.22. The lowest BCUT2D eigenvalue weighted by atomic mass is 10.1. The summed E-state index contributed by atoms with van der Waals surface area (Å²) in [6.45, 7) is 8.67. The summed E-state index contributed by atoms with van der Waals surface area (Å²) in [6, 6.07) is 0. The maximum absolute atomic E-state index is 3.49. The van der Waals surface area contributed by atoms with E-state index in [1.807, 2.05) is 0 Å². The van der Waals surface area contributed by atoms with Crippen molar-refractivity contribution in [2.45, 2.75) is 44.3 Å².